The molecule has 0 saturated heterocycles. The van der Waals surface area contributed by atoms with Gasteiger partial charge in [-0.3, -0.25) is 13.8 Å². The van der Waals surface area contributed by atoms with Crippen LogP contribution in [-0.4, -0.2) is 31.7 Å². The van der Waals surface area contributed by atoms with Crippen molar-refractivity contribution in [2.45, 2.75) is 13.0 Å². The normalized spacial score (nSPS) is 11.2. The van der Waals surface area contributed by atoms with Crippen molar-refractivity contribution in [1.82, 2.24) is 19.2 Å². The maximum absolute atomic E-state index is 12.4. The number of thiophene rings is 1. The van der Waals surface area contributed by atoms with Gasteiger partial charge in [0.15, 0.2) is 19.0 Å². The van der Waals surface area contributed by atoms with E-state index in [0.717, 1.165) is 11.1 Å². The number of carbonyl (C=O) groups excluding carboxylic acids is 1. The second-order valence-corrected chi connectivity index (χ2v) is 8.39. The molecule has 0 aliphatic rings. The van der Waals surface area contributed by atoms with Gasteiger partial charge in [-0.2, -0.15) is 0 Å². The first kappa shape index (κ1) is 20.9. The summed E-state index contributed by atoms with van der Waals surface area (Å²) in [5.41, 5.74) is 2.70. The lowest BCUT2D eigenvalue weighted by Crippen LogP contribution is -2.20. The maximum atomic E-state index is 12.4. The molecule has 0 unspecified atom stereocenters. The first-order valence-corrected chi connectivity index (χ1v) is 11.2. The lowest BCUT2D eigenvalue weighted by Gasteiger charge is -2.11. The second kappa shape index (κ2) is 8.87. The SMILES string of the molecule is Cn1c(=O)c2sccc2n2c(COC(=O)COc3ccccc3Cc3ccccc3)nnc12. The summed E-state index contributed by atoms with van der Waals surface area (Å²) >= 11 is 1.35. The third-order valence-corrected chi connectivity index (χ3v) is 6.21. The lowest BCUT2D eigenvalue weighted by molar-refractivity contribution is -0.147. The Bertz CT molecular complexity index is 1500. The highest BCUT2D eigenvalue weighted by atomic mass is 32.1. The van der Waals surface area contributed by atoms with Gasteiger partial charge in [0, 0.05) is 13.5 Å². The maximum Gasteiger partial charge on any atom is 0.344 e. The zero-order valence-electron chi connectivity index (χ0n) is 17.8. The molecule has 0 bridgehead atoms. The second-order valence-electron chi connectivity index (χ2n) is 7.47. The number of rotatable bonds is 7. The summed E-state index contributed by atoms with van der Waals surface area (Å²) < 4.78 is 14.9. The Balaban J connectivity index is 1.27. The van der Waals surface area contributed by atoms with Crippen LogP contribution < -0.4 is 10.3 Å². The van der Waals surface area contributed by atoms with Crippen LogP contribution in [0.4, 0.5) is 0 Å². The van der Waals surface area contributed by atoms with Gasteiger partial charge in [-0.25, -0.2) is 4.79 Å². The van der Waals surface area contributed by atoms with Crippen molar-refractivity contribution in [2.75, 3.05) is 6.61 Å². The van der Waals surface area contributed by atoms with Gasteiger partial charge in [0.1, 0.15) is 10.4 Å². The van der Waals surface area contributed by atoms with E-state index < -0.39 is 5.97 Å². The quantitative estimate of drug-likeness (QED) is 0.346. The van der Waals surface area contributed by atoms with E-state index in [1.54, 1.807) is 11.4 Å². The van der Waals surface area contributed by atoms with E-state index in [0.29, 0.717) is 34.0 Å². The van der Waals surface area contributed by atoms with Crippen LogP contribution in [0.2, 0.25) is 0 Å². The van der Waals surface area contributed by atoms with Crippen molar-refractivity contribution in [1.29, 1.82) is 0 Å². The molecule has 0 fully saturated rings. The van der Waals surface area contributed by atoms with Crippen molar-refractivity contribution < 1.29 is 14.3 Å². The van der Waals surface area contributed by atoms with Gasteiger partial charge in [-0.15, -0.1) is 21.5 Å². The summed E-state index contributed by atoms with van der Waals surface area (Å²) in [6, 6.07) is 19.5. The molecule has 0 saturated carbocycles. The van der Waals surface area contributed by atoms with Crippen LogP contribution in [0, 0.1) is 0 Å². The summed E-state index contributed by atoms with van der Waals surface area (Å²) in [6.45, 7) is -0.312. The van der Waals surface area contributed by atoms with Crippen molar-refractivity contribution in [3.63, 3.8) is 0 Å². The lowest BCUT2D eigenvalue weighted by atomic mass is 10.0. The zero-order valence-corrected chi connectivity index (χ0v) is 18.6. The Morgan fingerprint density at radius 2 is 1.82 bits per heavy atom. The molecule has 2 aromatic carbocycles. The molecule has 0 amide bonds. The molecule has 5 rings (SSSR count). The molecule has 33 heavy (non-hydrogen) atoms. The Morgan fingerprint density at radius 1 is 1.03 bits per heavy atom. The topological polar surface area (TPSA) is 87.7 Å². The van der Waals surface area contributed by atoms with Crippen molar-refractivity contribution in [3.05, 3.63) is 93.3 Å². The molecule has 8 nitrogen and oxygen atoms in total. The summed E-state index contributed by atoms with van der Waals surface area (Å²) in [5.74, 6) is 0.943. The zero-order chi connectivity index (χ0) is 22.8. The van der Waals surface area contributed by atoms with Gasteiger partial charge in [0.05, 0.1) is 5.52 Å². The Labute approximate surface area is 192 Å². The van der Waals surface area contributed by atoms with Gasteiger partial charge in [0.25, 0.3) is 5.56 Å². The van der Waals surface area contributed by atoms with Crippen molar-refractivity contribution in [2.24, 2.45) is 7.05 Å². The highest BCUT2D eigenvalue weighted by Crippen LogP contribution is 2.22. The Kier molecular flexibility index (Phi) is 5.62. The molecule has 3 heterocycles. The third-order valence-electron chi connectivity index (χ3n) is 5.31. The largest absolute Gasteiger partial charge is 0.482 e. The molecule has 3 aromatic heterocycles. The summed E-state index contributed by atoms with van der Waals surface area (Å²) in [5, 5.41) is 10.0. The number of ether oxygens (including phenoxy) is 2. The number of hydrogen-bond donors (Lipinski definition) is 0. The van der Waals surface area contributed by atoms with Crippen LogP contribution in [-0.2, 0) is 29.6 Å². The van der Waals surface area contributed by atoms with Crippen LogP contribution in [0.1, 0.15) is 17.0 Å². The Morgan fingerprint density at radius 3 is 2.67 bits per heavy atom. The average molecular weight is 461 g/mol. The van der Waals surface area contributed by atoms with Gasteiger partial charge in [0.2, 0.25) is 5.78 Å². The number of hydrogen-bond acceptors (Lipinski definition) is 7. The van der Waals surface area contributed by atoms with Crippen molar-refractivity contribution >= 4 is 33.3 Å². The van der Waals surface area contributed by atoms with E-state index in [1.807, 2.05) is 66.0 Å². The summed E-state index contributed by atoms with van der Waals surface area (Å²) in [6.07, 6.45) is 0.702. The highest BCUT2D eigenvalue weighted by molar-refractivity contribution is 7.17. The number of esters is 1. The first-order valence-electron chi connectivity index (χ1n) is 10.3. The van der Waals surface area contributed by atoms with Gasteiger partial charge < -0.3 is 9.47 Å². The number of aromatic nitrogens is 4. The minimum atomic E-state index is -0.521. The third kappa shape index (κ3) is 4.10. The summed E-state index contributed by atoms with van der Waals surface area (Å²) in [7, 11) is 1.64. The fourth-order valence-corrected chi connectivity index (χ4v) is 4.53. The Hall–Kier alpha value is -3.98. The number of aryl methyl sites for hydroxylation is 1. The molecule has 0 radical (unpaired) electrons. The molecular weight excluding hydrogens is 440 g/mol. The number of fused-ring (bicyclic) bond motifs is 3. The van der Waals surface area contributed by atoms with Crippen LogP contribution in [0.25, 0.3) is 16.0 Å². The molecule has 0 aliphatic carbocycles. The minimum absolute atomic E-state index is 0.0851. The molecule has 9 heteroatoms. The molecule has 0 aliphatic heterocycles. The predicted octanol–water partition coefficient (Wildman–Crippen LogP) is 3.36. The fraction of sp³-hybridized carbons (Fsp3) is 0.167. The van der Waals surface area contributed by atoms with E-state index in [4.69, 9.17) is 9.47 Å². The number of benzene rings is 2. The number of nitrogens with zero attached hydrogens (tertiary/aromatic N) is 4. The fourth-order valence-electron chi connectivity index (χ4n) is 3.68. The van der Waals surface area contributed by atoms with Crippen molar-refractivity contribution in [3.8, 4) is 5.75 Å². The van der Waals surface area contributed by atoms with E-state index in [2.05, 4.69) is 10.2 Å². The van der Waals surface area contributed by atoms with Gasteiger partial charge in [-0.05, 0) is 28.6 Å². The number of carbonyl (C=O) groups is 1. The monoisotopic (exact) mass is 460 g/mol. The molecular formula is C24H20N4O4S. The first-order chi connectivity index (χ1) is 16.1. The standard InChI is InChI=1S/C24H20N4O4S/c1-27-23(30)22-18(11-12-33-22)28-20(25-26-24(27)28)14-32-21(29)15-31-19-10-6-5-9-17(19)13-16-7-3-2-4-8-16/h2-12H,13-15H2,1H3. The predicted molar refractivity (Wildman–Crippen MR) is 125 cm³/mol. The van der Waals surface area contributed by atoms with Crippen LogP contribution in [0.3, 0.4) is 0 Å². The van der Waals surface area contributed by atoms with Crippen LogP contribution in [0.5, 0.6) is 5.75 Å². The van der Waals surface area contributed by atoms with Crippen LogP contribution in [0.15, 0.2) is 70.8 Å². The van der Waals surface area contributed by atoms with Crippen LogP contribution >= 0.6 is 11.3 Å². The van der Waals surface area contributed by atoms with E-state index in [9.17, 15) is 9.59 Å². The minimum Gasteiger partial charge on any atom is -0.482 e. The van der Waals surface area contributed by atoms with Gasteiger partial charge in [-0.1, -0.05) is 48.5 Å². The molecule has 0 N–H and O–H groups in total. The van der Waals surface area contributed by atoms with E-state index >= 15 is 0 Å². The van der Waals surface area contributed by atoms with E-state index in [-0.39, 0.29) is 18.8 Å². The smallest absolute Gasteiger partial charge is 0.344 e. The van der Waals surface area contributed by atoms with E-state index in [1.165, 1.54) is 15.9 Å². The van der Waals surface area contributed by atoms with Gasteiger partial charge >= 0.3 is 5.97 Å². The molecule has 0 atom stereocenters. The summed E-state index contributed by atoms with van der Waals surface area (Å²) in [4.78, 5) is 24.8. The highest BCUT2D eigenvalue weighted by Gasteiger charge is 2.17. The molecule has 0 spiro atoms. The number of para-hydroxylation sites is 1. The molecule has 5 aromatic rings. The average Bonchev–Trinajstić information content (AvgIpc) is 3.48. The molecule has 166 valence electrons.